The maximum Gasteiger partial charge on any atom is 0.238 e. The van der Waals surface area contributed by atoms with Crippen LogP contribution in [-0.4, -0.2) is 53.4 Å². The lowest BCUT2D eigenvalue weighted by Crippen LogP contribution is -2.48. The highest BCUT2D eigenvalue weighted by atomic mass is 35.5. The highest BCUT2D eigenvalue weighted by molar-refractivity contribution is 7.18. The highest BCUT2D eigenvalue weighted by Crippen LogP contribution is 2.24. The summed E-state index contributed by atoms with van der Waals surface area (Å²) in [6.07, 6.45) is 0. The molecule has 0 atom stereocenters. The van der Waals surface area contributed by atoms with Crippen LogP contribution in [0, 0.1) is 6.92 Å². The van der Waals surface area contributed by atoms with Crippen molar-refractivity contribution in [3.05, 3.63) is 58.1 Å². The second-order valence-electron chi connectivity index (χ2n) is 7.09. The number of nitrogens with one attached hydrogen (secondary N) is 1. The van der Waals surface area contributed by atoms with Crippen LogP contribution in [0.15, 0.2) is 42.5 Å². The van der Waals surface area contributed by atoms with Crippen molar-refractivity contribution in [2.24, 2.45) is 0 Å². The number of carbonyl (C=O) groups excluding carboxylic acids is 1. The quantitative estimate of drug-likeness (QED) is 0.685. The van der Waals surface area contributed by atoms with Gasteiger partial charge in [0, 0.05) is 36.9 Å². The Balaban J connectivity index is 1.27. The molecule has 3 aromatic rings. The fraction of sp³-hybridized carbons (Fsp3) is 0.333. The van der Waals surface area contributed by atoms with Crippen molar-refractivity contribution < 1.29 is 4.79 Å². The number of halogens is 1. The number of carbonyl (C=O) groups is 1. The molecule has 1 saturated heterocycles. The van der Waals surface area contributed by atoms with E-state index in [1.807, 2.05) is 31.2 Å². The van der Waals surface area contributed by atoms with Gasteiger partial charge < -0.3 is 5.32 Å². The number of anilines is 1. The number of nitrogens with zero attached hydrogens (tertiary/aromatic N) is 3. The Morgan fingerprint density at radius 2 is 1.86 bits per heavy atom. The van der Waals surface area contributed by atoms with Gasteiger partial charge in [0.2, 0.25) is 5.91 Å². The largest absolute Gasteiger partial charge is 0.325 e. The van der Waals surface area contributed by atoms with Gasteiger partial charge in [-0.05, 0) is 36.8 Å². The minimum atomic E-state index is 0.00462. The van der Waals surface area contributed by atoms with E-state index in [0.29, 0.717) is 11.6 Å². The third-order valence-electron chi connectivity index (χ3n) is 5.07. The predicted molar refractivity (Wildman–Crippen MR) is 116 cm³/mol. The van der Waals surface area contributed by atoms with Crippen molar-refractivity contribution in [3.8, 4) is 0 Å². The number of benzene rings is 2. The molecular formula is C21H23ClN4OS. The Labute approximate surface area is 173 Å². The average Bonchev–Trinajstić information content (AvgIpc) is 3.09. The van der Waals surface area contributed by atoms with Crippen LogP contribution in [-0.2, 0) is 11.3 Å². The van der Waals surface area contributed by atoms with Gasteiger partial charge in [-0.2, -0.15) is 0 Å². The zero-order chi connectivity index (χ0) is 19.5. The molecular weight excluding hydrogens is 392 g/mol. The number of aromatic nitrogens is 1. The van der Waals surface area contributed by atoms with Gasteiger partial charge in [0.25, 0.3) is 0 Å². The summed E-state index contributed by atoms with van der Waals surface area (Å²) in [4.78, 5) is 21.7. The molecule has 1 aromatic heterocycles. The fourth-order valence-corrected chi connectivity index (χ4v) is 4.60. The standard InChI is InChI=1S/C21H23ClN4OS/c1-15-16(22)5-4-7-17(15)23-20(27)13-25-9-11-26(12-10-25)14-21-24-18-6-2-3-8-19(18)28-21/h2-8H,9-14H2,1H3,(H,23,27). The van der Waals surface area contributed by atoms with E-state index in [1.165, 1.54) is 4.70 Å². The first-order valence-corrected chi connectivity index (χ1v) is 10.6. The van der Waals surface area contributed by atoms with Gasteiger partial charge in [0.05, 0.1) is 23.3 Å². The molecule has 4 rings (SSSR count). The summed E-state index contributed by atoms with van der Waals surface area (Å²) in [5, 5.41) is 4.80. The molecule has 0 bridgehead atoms. The molecule has 1 fully saturated rings. The minimum absolute atomic E-state index is 0.00462. The van der Waals surface area contributed by atoms with E-state index in [4.69, 9.17) is 16.6 Å². The monoisotopic (exact) mass is 414 g/mol. The smallest absolute Gasteiger partial charge is 0.238 e. The van der Waals surface area contributed by atoms with Gasteiger partial charge in [-0.1, -0.05) is 29.8 Å². The van der Waals surface area contributed by atoms with Crippen LogP contribution in [0.1, 0.15) is 10.6 Å². The summed E-state index contributed by atoms with van der Waals surface area (Å²) in [5.41, 5.74) is 2.76. The van der Waals surface area contributed by atoms with Crippen LogP contribution in [0.4, 0.5) is 5.69 Å². The minimum Gasteiger partial charge on any atom is -0.325 e. The third-order valence-corrected chi connectivity index (χ3v) is 6.50. The van der Waals surface area contributed by atoms with E-state index in [0.717, 1.165) is 54.5 Å². The molecule has 0 radical (unpaired) electrons. The number of hydrogen-bond donors (Lipinski definition) is 1. The van der Waals surface area contributed by atoms with E-state index < -0.39 is 0 Å². The molecule has 2 aromatic carbocycles. The van der Waals surface area contributed by atoms with Crippen molar-refractivity contribution in [2.75, 3.05) is 38.0 Å². The maximum absolute atomic E-state index is 12.4. The highest BCUT2D eigenvalue weighted by Gasteiger charge is 2.20. The Kier molecular flexibility index (Phi) is 5.92. The van der Waals surface area contributed by atoms with E-state index in [-0.39, 0.29) is 5.91 Å². The van der Waals surface area contributed by atoms with Crippen LogP contribution in [0.5, 0.6) is 0 Å². The lowest BCUT2D eigenvalue weighted by atomic mass is 10.2. The predicted octanol–water partition coefficient (Wildman–Crippen LogP) is 4.01. The first-order valence-electron chi connectivity index (χ1n) is 9.42. The molecule has 146 valence electrons. The van der Waals surface area contributed by atoms with Gasteiger partial charge in [-0.15, -0.1) is 11.3 Å². The number of rotatable bonds is 5. The second-order valence-corrected chi connectivity index (χ2v) is 8.61. The SMILES string of the molecule is Cc1c(Cl)cccc1NC(=O)CN1CCN(Cc2nc3ccccc3s2)CC1. The normalized spacial score (nSPS) is 15.8. The van der Waals surface area contributed by atoms with Crippen molar-refractivity contribution in [2.45, 2.75) is 13.5 Å². The Morgan fingerprint density at radius 3 is 2.64 bits per heavy atom. The first kappa shape index (κ1) is 19.3. The Bertz CT molecular complexity index is 948. The van der Waals surface area contributed by atoms with Gasteiger partial charge in [0.1, 0.15) is 5.01 Å². The van der Waals surface area contributed by atoms with Gasteiger partial charge in [-0.3, -0.25) is 14.6 Å². The second kappa shape index (κ2) is 8.57. The maximum atomic E-state index is 12.4. The van der Waals surface area contributed by atoms with Crippen molar-refractivity contribution >= 4 is 44.7 Å². The molecule has 0 aliphatic carbocycles. The number of hydrogen-bond acceptors (Lipinski definition) is 5. The first-order chi connectivity index (χ1) is 13.6. The van der Waals surface area contributed by atoms with E-state index in [1.54, 1.807) is 11.3 Å². The summed E-state index contributed by atoms with van der Waals surface area (Å²) in [6, 6.07) is 13.8. The zero-order valence-electron chi connectivity index (χ0n) is 15.8. The summed E-state index contributed by atoms with van der Waals surface area (Å²) in [6.45, 7) is 6.85. The number of amides is 1. The van der Waals surface area contributed by atoms with Crippen molar-refractivity contribution in [1.29, 1.82) is 0 Å². The molecule has 1 N–H and O–H groups in total. The lowest BCUT2D eigenvalue weighted by Gasteiger charge is -2.33. The van der Waals surface area contributed by atoms with Gasteiger partial charge in [0.15, 0.2) is 0 Å². The Hall–Kier alpha value is -1.99. The molecule has 0 saturated carbocycles. The van der Waals surface area contributed by atoms with Crippen LogP contribution in [0.25, 0.3) is 10.2 Å². The van der Waals surface area contributed by atoms with Crippen molar-refractivity contribution in [1.82, 2.24) is 14.8 Å². The molecule has 0 unspecified atom stereocenters. The van der Waals surface area contributed by atoms with Crippen molar-refractivity contribution in [3.63, 3.8) is 0 Å². The molecule has 1 aliphatic rings. The number of thiazole rings is 1. The summed E-state index contributed by atoms with van der Waals surface area (Å²) in [5.74, 6) is 0.00462. The number of piperazine rings is 1. The summed E-state index contributed by atoms with van der Waals surface area (Å²) < 4.78 is 1.24. The van der Waals surface area contributed by atoms with E-state index in [9.17, 15) is 4.79 Å². The molecule has 0 spiro atoms. The zero-order valence-corrected chi connectivity index (χ0v) is 17.4. The topological polar surface area (TPSA) is 48.5 Å². The van der Waals surface area contributed by atoms with E-state index >= 15 is 0 Å². The van der Waals surface area contributed by atoms with Crippen LogP contribution < -0.4 is 5.32 Å². The van der Waals surface area contributed by atoms with Gasteiger partial charge >= 0.3 is 0 Å². The molecule has 2 heterocycles. The molecule has 7 heteroatoms. The number of para-hydroxylation sites is 1. The third kappa shape index (κ3) is 4.52. The lowest BCUT2D eigenvalue weighted by molar-refractivity contribution is -0.117. The van der Waals surface area contributed by atoms with Crippen LogP contribution in [0.2, 0.25) is 5.02 Å². The van der Waals surface area contributed by atoms with Crippen LogP contribution >= 0.6 is 22.9 Å². The molecule has 1 amide bonds. The van der Waals surface area contributed by atoms with Gasteiger partial charge in [-0.25, -0.2) is 4.98 Å². The molecule has 5 nitrogen and oxygen atoms in total. The number of fused-ring (bicyclic) bond motifs is 1. The fourth-order valence-electron chi connectivity index (χ4n) is 3.42. The Morgan fingerprint density at radius 1 is 1.11 bits per heavy atom. The van der Waals surface area contributed by atoms with Crippen LogP contribution in [0.3, 0.4) is 0 Å². The summed E-state index contributed by atoms with van der Waals surface area (Å²) in [7, 11) is 0. The molecule has 1 aliphatic heterocycles. The molecule has 28 heavy (non-hydrogen) atoms. The summed E-state index contributed by atoms with van der Waals surface area (Å²) >= 11 is 7.89. The average molecular weight is 415 g/mol. The van der Waals surface area contributed by atoms with E-state index in [2.05, 4.69) is 33.3 Å².